The Morgan fingerprint density at radius 1 is 1.17 bits per heavy atom. The summed E-state index contributed by atoms with van der Waals surface area (Å²) < 4.78 is 11.2. The molecular formula is C19H25N3O2. The molecule has 24 heavy (non-hydrogen) atoms. The fourth-order valence-electron chi connectivity index (χ4n) is 3.22. The van der Waals surface area contributed by atoms with Crippen molar-refractivity contribution >= 4 is 0 Å². The van der Waals surface area contributed by atoms with Gasteiger partial charge in [-0.3, -0.25) is 9.88 Å². The van der Waals surface area contributed by atoms with Crippen molar-refractivity contribution in [3.63, 3.8) is 0 Å². The first kappa shape index (κ1) is 16.7. The summed E-state index contributed by atoms with van der Waals surface area (Å²) in [5, 5.41) is 3.42. The number of piperazine rings is 1. The third-order valence-corrected chi connectivity index (χ3v) is 4.32. The summed E-state index contributed by atoms with van der Waals surface area (Å²) in [7, 11) is 1.67. The number of hydrogen-bond acceptors (Lipinski definition) is 5. The highest BCUT2D eigenvalue weighted by Crippen LogP contribution is 2.35. The van der Waals surface area contributed by atoms with E-state index < -0.39 is 0 Å². The lowest BCUT2D eigenvalue weighted by Crippen LogP contribution is -2.45. The van der Waals surface area contributed by atoms with Crippen LogP contribution in [0.5, 0.6) is 11.5 Å². The number of nitrogens with one attached hydrogen (secondary N) is 1. The molecule has 128 valence electrons. The molecule has 1 N–H and O–H groups in total. The van der Waals surface area contributed by atoms with E-state index in [4.69, 9.17) is 9.47 Å². The van der Waals surface area contributed by atoms with Gasteiger partial charge in [-0.1, -0.05) is 12.1 Å². The van der Waals surface area contributed by atoms with Crippen LogP contribution in [-0.2, 0) is 0 Å². The molecule has 1 saturated heterocycles. The Kier molecular flexibility index (Phi) is 5.67. The molecule has 5 nitrogen and oxygen atoms in total. The molecule has 1 fully saturated rings. The zero-order valence-corrected chi connectivity index (χ0v) is 14.4. The predicted molar refractivity (Wildman–Crippen MR) is 94.7 cm³/mol. The minimum absolute atomic E-state index is 0.172. The fraction of sp³-hybridized carbons (Fsp3) is 0.421. The number of pyridine rings is 1. The second-order valence-corrected chi connectivity index (χ2v) is 5.82. The quantitative estimate of drug-likeness (QED) is 0.883. The molecule has 5 heteroatoms. The van der Waals surface area contributed by atoms with Crippen LogP contribution < -0.4 is 14.8 Å². The molecular weight excluding hydrogens is 302 g/mol. The normalized spacial score (nSPS) is 16.6. The Morgan fingerprint density at radius 2 is 2.00 bits per heavy atom. The molecule has 1 aliphatic rings. The van der Waals surface area contributed by atoms with E-state index in [0.717, 1.165) is 37.7 Å². The smallest absolute Gasteiger partial charge is 0.161 e. The maximum Gasteiger partial charge on any atom is 0.161 e. The van der Waals surface area contributed by atoms with Gasteiger partial charge in [0.25, 0.3) is 0 Å². The lowest BCUT2D eigenvalue weighted by molar-refractivity contribution is 0.197. The summed E-state index contributed by atoms with van der Waals surface area (Å²) >= 11 is 0. The monoisotopic (exact) mass is 327 g/mol. The Hall–Kier alpha value is -2.11. The summed E-state index contributed by atoms with van der Waals surface area (Å²) in [5.41, 5.74) is 2.40. The Balaban J connectivity index is 2.00. The Bertz CT molecular complexity index is 642. The van der Waals surface area contributed by atoms with E-state index in [0.29, 0.717) is 6.61 Å². The standard InChI is InChI=1S/C19H25N3O2/c1-3-24-18-13-15(6-7-17(18)23-2)19(16-5-4-8-21-14-16)22-11-9-20-10-12-22/h4-8,13-14,19-20H,3,9-12H2,1-2H3. The SMILES string of the molecule is CCOc1cc(C(c2cccnc2)N2CCNCC2)ccc1OC. The van der Waals surface area contributed by atoms with Crippen molar-refractivity contribution in [1.82, 2.24) is 15.2 Å². The molecule has 0 aliphatic carbocycles. The van der Waals surface area contributed by atoms with E-state index in [-0.39, 0.29) is 6.04 Å². The lowest BCUT2D eigenvalue weighted by Gasteiger charge is -2.35. The highest BCUT2D eigenvalue weighted by molar-refractivity contribution is 5.45. The van der Waals surface area contributed by atoms with Gasteiger partial charge >= 0.3 is 0 Å². The summed E-state index contributed by atoms with van der Waals surface area (Å²) in [4.78, 5) is 6.81. The van der Waals surface area contributed by atoms with Gasteiger partial charge in [0.15, 0.2) is 11.5 Å². The zero-order valence-electron chi connectivity index (χ0n) is 14.4. The topological polar surface area (TPSA) is 46.6 Å². The summed E-state index contributed by atoms with van der Waals surface area (Å²) in [6, 6.07) is 10.5. The minimum Gasteiger partial charge on any atom is -0.493 e. The first-order valence-corrected chi connectivity index (χ1v) is 8.49. The number of aromatic nitrogens is 1. The molecule has 1 aromatic carbocycles. The number of nitrogens with zero attached hydrogens (tertiary/aromatic N) is 2. The van der Waals surface area contributed by atoms with Gasteiger partial charge in [-0.15, -0.1) is 0 Å². The third-order valence-electron chi connectivity index (χ3n) is 4.32. The van der Waals surface area contributed by atoms with Gasteiger partial charge in [0.1, 0.15) is 0 Å². The third kappa shape index (κ3) is 3.68. The first-order valence-electron chi connectivity index (χ1n) is 8.49. The van der Waals surface area contributed by atoms with Crippen LogP contribution in [0.2, 0.25) is 0 Å². The van der Waals surface area contributed by atoms with Crippen molar-refractivity contribution in [3.05, 3.63) is 53.9 Å². The molecule has 1 aromatic heterocycles. The second kappa shape index (κ2) is 8.13. The van der Waals surface area contributed by atoms with Gasteiger partial charge in [0.2, 0.25) is 0 Å². The van der Waals surface area contributed by atoms with Crippen molar-refractivity contribution in [2.45, 2.75) is 13.0 Å². The average Bonchev–Trinajstić information content (AvgIpc) is 2.64. The molecule has 2 heterocycles. The summed E-state index contributed by atoms with van der Waals surface area (Å²) in [5.74, 6) is 1.56. The van der Waals surface area contributed by atoms with Gasteiger partial charge in [-0.25, -0.2) is 0 Å². The van der Waals surface area contributed by atoms with Crippen molar-refractivity contribution in [1.29, 1.82) is 0 Å². The van der Waals surface area contributed by atoms with Crippen LogP contribution in [0.3, 0.4) is 0 Å². The van der Waals surface area contributed by atoms with Crippen LogP contribution in [-0.4, -0.2) is 49.8 Å². The lowest BCUT2D eigenvalue weighted by atomic mass is 9.97. The van der Waals surface area contributed by atoms with Crippen molar-refractivity contribution in [2.75, 3.05) is 39.9 Å². The van der Waals surface area contributed by atoms with Crippen LogP contribution in [0.1, 0.15) is 24.1 Å². The molecule has 1 unspecified atom stereocenters. The maximum atomic E-state index is 5.77. The van der Waals surface area contributed by atoms with Gasteiger partial charge in [-0.2, -0.15) is 0 Å². The number of hydrogen-bond donors (Lipinski definition) is 1. The number of ether oxygens (including phenoxy) is 2. The minimum atomic E-state index is 0.172. The van der Waals surface area contributed by atoms with E-state index in [1.165, 1.54) is 11.1 Å². The number of benzene rings is 1. The van der Waals surface area contributed by atoms with E-state index in [2.05, 4.69) is 33.4 Å². The predicted octanol–water partition coefficient (Wildman–Crippen LogP) is 2.48. The average molecular weight is 327 g/mol. The number of methoxy groups -OCH3 is 1. The highest BCUT2D eigenvalue weighted by Gasteiger charge is 2.25. The Labute approximate surface area is 143 Å². The van der Waals surface area contributed by atoms with E-state index in [9.17, 15) is 0 Å². The zero-order chi connectivity index (χ0) is 16.8. The molecule has 0 spiro atoms. The molecule has 0 amide bonds. The molecule has 1 atom stereocenters. The van der Waals surface area contributed by atoms with Crippen LogP contribution in [0.4, 0.5) is 0 Å². The van der Waals surface area contributed by atoms with E-state index in [1.54, 1.807) is 7.11 Å². The summed E-state index contributed by atoms with van der Waals surface area (Å²) in [6.07, 6.45) is 3.77. The second-order valence-electron chi connectivity index (χ2n) is 5.82. The van der Waals surface area contributed by atoms with E-state index in [1.807, 2.05) is 31.5 Å². The first-order chi connectivity index (χ1) is 11.8. The van der Waals surface area contributed by atoms with Crippen molar-refractivity contribution in [2.24, 2.45) is 0 Å². The van der Waals surface area contributed by atoms with Gasteiger partial charge in [-0.05, 0) is 36.2 Å². The number of rotatable bonds is 6. The van der Waals surface area contributed by atoms with Gasteiger partial charge in [0.05, 0.1) is 19.8 Å². The van der Waals surface area contributed by atoms with E-state index >= 15 is 0 Å². The van der Waals surface area contributed by atoms with Crippen LogP contribution >= 0.6 is 0 Å². The van der Waals surface area contributed by atoms with Crippen LogP contribution in [0.15, 0.2) is 42.7 Å². The Morgan fingerprint density at radius 3 is 2.67 bits per heavy atom. The van der Waals surface area contributed by atoms with Gasteiger partial charge in [0, 0.05) is 38.6 Å². The van der Waals surface area contributed by atoms with Crippen molar-refractivity contribution in [3.8, 4) is 11.5 Å². The molecule has 0 saturated carbocycles. The fourth-order valence-corrected chi connectivity index (χ4v) is 3.22. The molecule has 2 aromatic rings. The molecule has 0 radical (unpaired) electrons. The van der Waals surface area contributed by atoms with Crippen molar-refractivity contribution < 1.29 is 9.47 Å². The molecule has 1 aliphatic heterocycles. The molecule has 3 rings (SSSR count). The summed E-state index contributed by atoms with van der Waals surface area (Å²) in [6.45, 7) is 6.63. The largest absolute Gasteiger partial charge is 0.493 e. The highest BCUT2D eigenvalue weighted by atomic mass is 16.5. The van der Waals surface area contributed by atoms with Crippen LogP contribution in [0.25, 0.3) is 0 Å². The maximum absolute atomic E-state index is 5.77. The van der Waals surface area contributed by atoms with Crippen LogP contribution in [0, 0.1) is 0 Å². The molecule has 0 bridgehead atoms. The van der Waals surface area contributed by atoms with Gasteiger partial charge < -0.3 is 14.8 Å².